The van der Waals surface area contributed by atoms with E-state index >= 15 is 0 Å². The van der Waals surface area contributed by atoms with Crippen molar-refractivity contribution in [1.82, 2.24) is 52.3 Å². The molecule has 0 aromatic heterocycles. The van der Waals surface area contributed by atoms with Crippen molar-refractivity contribution in [2.75, 3.05) is 39.3 Å². The van der Waals surface area contributed by atoms with Crippen LogP contribution in [0.1, 0.15) is 138 Å². The Balaban J connectivity index is 2.15. The van der Waals surface area contributed by atoms with E-state index in [1.807, 2.05) is 27.7 Å². The lowest BCUT2D eigenvalue weighted by Gasteiger charge is -2.30. The van der Waals surface area contributed by atoms with Gasteiger partial charge in [-0.1, -0.05) is 27.7 Å². The molecule has 9 atom stereocenters. The summed E-state index contributed by atoms with van der Waals surface area (Å²) < 4.78 is 0. The second-order valence-corrected chi connectivity index (χ2v) is 20.8. The van der Waals surface area contributed by atoms with Crippen LogP contribution in [0.2, 0.25) is 0 Å². The summed E-state index contributed by atoms with van der Waals surface area (Å²) in [7, 11) is 0. The van der Waals surface area contributed by atoms with Gasteiger partial charge in [-0.05, 0) is 129 Å². The topological polar surface area (TPSA) is 433 Å². The number of carbonyl (C=O) groups excluding carboxylic acids is 11. The molecule has 27 nitrogen and oxygen atoms in total. The number of nitrogens with two attached hydrogens (primary N) is 5. The summed E-state index contributed by atoms with van der Waals surface area (Å²) in [5.74, 6) is -7.17. The van der Waals surface area contributed by atoms with E-state index in [4.69, 9.17) is 28.7 Å². The fraction of sp³-hybridized carbons (Fsp3) is 0.760. The van der Waals surface area contributed by atoms with Crippen LogP contribution < -0.4 is 71.2 Å². The zero-order chi connectivity index (χ0) is 57.9. The third-order valence-corrected chi connectivity index (χ3v) is 13.1. The van der Waals surface area contributed by atoms with Crippen LogP contribution in [-0.2, 0) is 52.7 Å². The number of nitrogens with one attached hydrogen (secondary N) is 8. The number of amides is 11. The average molecular weight is 1090 g/mol. The van der Waals surface area contributed by atoms with Crippen molar-refractivity contribution in [3.8, 4) is 0 Å². The Morgan fingerprint density at radius 2 is 0.974 bits per heavy atom. The molecule has 436 valence electrons. The maximum absolute atomic E-state index is 14.1. The third-order valence-electron chi connectivity index (χ3n) is 13.1. The maximum atomic E-state index is 14.1. The van der Waals surface area contributed by atoms with Crippen molar-refractivity contribution in [3.05, 3.63) is 0 Å². The zero-order valence-electron chi connectivity index (χ0n) is 46.2. The number of guanidine groups is 1. The van der Waals surface area contributed by atoms with E-state index in [-0.39, 0.29) is 63.1 Å². The summed E-state index contributed by atoms with van der Waals surface area (Å²) in [4.78, 5) is 153. The first-order chi connectivity index (χ1) is 36.3. The Bertz CT molecular complexity index is 2050. The van der Waals surface area contributed by atoms with Crippen LogP contribution in [-0.4, -0.2) is 174 Å². The summed E-state index contributed by atoms with van der Waals surface area (Å²) in [5, 5.41) is 21.1. The highest BCUT2D eigenvalue weighted by Crippen LogP contribution is 2.22. The minimum atomic E-state index is -1.25. The number of nitrogens with zero attached hydrogens (tertiary/aromatic N) is 3. The summed E-state index contributed by atoms with van der Waals surface area (Å²) in [6.07, 6.45) is 4.95. The molecule has 0 aromatic rings. The monoisotopic (exact) mass is 1090 g/mol. The quantitative estimate of drug-likeness (QED) is 0.0168. The standard InChI is InChI=1S/C50H90N16O11/c1-28(2)25-36(41(53)69)63-47(75)38-18-13-23-65(38)40(68)27-57-44(72)33(15-8-10-20-51)61-43(71)31(6)58-42(70)30(5)59-46(74)37(26-29(3)4)64-45(73)34(17-12-22-56-50(54)55)62-48(76)39-19-14-24-66(39)49(77)35(60-32(7)67)16-9-11-21-52/h28-31,33-39H,8-27,51-52H2,1-7H3,(H2,53,69)(H,57,72)(H,58,70)(H,59,74)(H,60,67)(H,61,71)(H,62,76)(H,63,75)(H,64,73)(H4,54,55,56)/t30-,31-,33-,34-,35-,36-,37-,38-,39-/m0/s1. The van der Waals surface area contributed by atoms with Crippen molar-refractivity contribution in [2.45, 2.75) is 193 Å². The minimum Gasteiger partial charge on any atom is -0.370 e. The smallest absolute Gasteiger partial charge is 0.245 e. The van der Waals surface area contributed by atoms with Gasteiger partial charge in [-0.15, -0.1) is 0 Å². The largest absolute Gasteiger partial charge is 0.370 e. The van der Waals surface area contributed by atoms with Gasteiger partial charge in [0, 0.05) is 26.6 Å². The molecule has 0 radical (unpaired) electrons. The Morgan fingerprint density at radius 1 is 0.519 bits per heavy atom. The molecular formula is C50H90N16O11. The molecule has 18 N–H and O–H groups in total. The van der Waals surface area contributed by atoms with Gasteiger partial charge in [-0.2, -0.15) is 0 Å². The molecule has 0 aliphatic carbocycles. The second kappa shape index (κ2) is 34.2. The van der Waals surface area contributed by atoms with Gasteiger partial charge in [0.1, 0.15) is 54.4 Å². The molecule has 11 amide bonds. The molecule has 2 fully saturated rings. The first-order valence-electron chi connectivity index (χ1n) is 27.0. The van der Waals surface area contributed by atoms with Crippen molar-refractivity contribution in [1.29, 1.82) is 0 Å². The molecule has 2 rings (SSSR count). The first-order valence-corrected chi connectivity index (χ1v) is 27.0. The fourth-order valence-electron chi connectivity index (χ4n) is 9.07. The van der Waals surface area contributed by atoms with Crippen LogP contribution in [0.5, 0.6) is 0 Å². The van der Waals surface area contributed by atoms with Crippen molar-refractivity contribution < 1.29 is 52.7 Å². The van der Waals surface area contributed by atoms with Crippen LogP contribution in [0, 0.1) is 11.8 Å². The number of likely N-dealkylation sites (tertiary alicyclic amines) is 2. The third kappa shape index (κ3) is 23.6. The molecule has 0 aromatic carbocycles. The lowest BCUT2D eigenvalue weighted by Crippen LogP contribution is -2.59. The van der Waals surface area contributed by atoms with Crippen LogP contribution in [0.25, 0.3) is 0 Å². The highest BCUT2D eigenvalue weighted by Gasteiger charge is 2.40. The molecule has 2 heterocycles. The van der Waals surface area contributed by atoms with E-state index in [0.717, 1.165) is 0 Å². The van der Waals surface area contributed by atoms with Gasteiger partial charge >= 0.3 is 0 Å². The molecule has 77 heavy (non-hydrogen) atoms. The molecular weight excluding hydrogens is 1000 g/mol. The van der Waals surface area contributed by atoms with E-state index in [0.29, 0.717) is 77.3 Å². The van der Waals surface area contributed by atoms with E-state index < -0.39 is 126 Å². The number of aliphatic imine (C=N–C) groups is 1. The lowest BCUT2D eigenvalue weighted by atomic mass is 10.0. The van der Waals surface area contributed by atoms with Gasteiger partial charge in [0.25, 0.3) is 0 Å². The molecule has 0 unspecified atom stereocenters. The molecule has 0 bridgehead atoms. The van der Waals surface area contributed by atoms with Crippen molar-refractivity contribution >= 4 is 70.9 Å². The normalized spacial score (nSPS) is 17.9. The summed E-state index contributed by atoms with van der Waals surface area (Å²) >= 11 is 0. The van der Waals surface area contributed by atoms with E-state index in [2.05, 4.69) is 47.5 Å². The Kier molecular flexibility index (Phi) is 29.5. The number of rotatable bonds is 34. The van der Waals surface area contributed by atoms with E-state index in [1.54, 1.807) is 0 Å². The summed E-state index contributed by atoms with van der Waals surface area (Å²) in [6.45, 7) is 12.3. The number of carbonyl (C=O) groups is 11. The molecule has 27 heteroatoms. The number of hydrogen-bond donors (Lipinski definition) is 13. The highest BCUT2D eigenvalue weighted by molar-refractivity contribution is 5.98. The van der Waals surface area contributed by atoms with Crippen LogP contribution in [0.3, 0.4) is 0 Å². The number of primary amides is 1. The van der Waals surface area contributed by atoms with Gasteiger partial charge in [-0.3, -0.25) is 57.7 Å². The highest BCUT2D eigenvalue weighted by atomic mass is 16.2. The molecule has 2 aliphatic rings. The lowest BCUT2D eigenvalue weighted by molar-refractivity contribution is -0.142. The Hall–Kier alpha value is -6.64. The molecule has 2 saturated heterocycles. The van der Waals surface area contributed by atoms with Crippen molar-refractivity contribution in [3.63, 3.8) is 0 Å². The van der Waals surface area contributed by atoms with Crippen LogP contribution in [0.15, 0.2) is 4.99 Å². The molecule has 0 saturated carbocycles. The maximum Gasteiger partial charge on any atom is 0.245 e. The van der Waals surface area contributed by atoms with Gasteiger partial charge < -0.3 is 81.0 Å². The predicted molar refractivity (Wildman–Crippen MR) is 287 cm³/mol. The van der Waals surface area contributed by atoms with Gasteiger partial charge in [0.05, 0.1) is 6.54 Å². The van der Waals surface area contributed by atoms with Gasteiger partial charge in [-0.25, -0.2) is 0 Å². The SMILES string of the molecule is CC(=O)N[C@@H](CCCCN)C(=O)N1CCC[C@H]1C(=O)N[C@@H](CCCN=C(N)N)C(=O)N[C@@H](CC(C)C)C(=O)N[C@@H](C)C(=O)N[C@@H](C)C(=O)N[C@@H](CCCCN)C(=O)NCC(=O)N1CCC[C@H]1C(=O)N[C@@H](CC(C)C)C(N)=O. The van der Waals surface area contributed by atoms with Gasteiger partial charge in [0.2, 0.25) is 65.0 Å². The molecule has 2 aliphatic heterocycles. The van der Waals surface area contributed by atoms with Crippen molar-refractivity contribution in [2.24, 2.45) is 45.5 Å². The summed E-state index contributed by atoms with van der Waals surface area (Å²) in [6, 6.07) is -9.67. The predicted octanol–water partition coefficient (Wildman–Crippen LogP) is -3.57. The van der Waals surface area contributed by atoms with Crippen LogP contribution >= 0.6 is 0 Å². The number of hydrogen-bond acceptors (Lipinski definition) is 14. The fourth-order valence-corrected chi connectivity index (χ4v) is 9.07. The van der Waals surface area contributed by atoms with E-state index in [1.165, 1.54) is 30.6 Å². The first kappa shape index (κ1) is 66.5. The van der Waals surface area contributed by atoms with Crippen LogP contribution in [0.4, 0.5) is 0 Å². The molecule has 0 spiro atoms. The number of unbranched alkanes of at least 4 members (excludes halogenated alkanes) is 2. The van der Waals surface area contributed by atoms with Gasteiger partial charge in [0.15, 0.2) is 5.96 Å². The average Bonchev–Trinajstić information content (AvgIpc) is 4.06. The minimum absolute atomic E-state index is 0.0318. The Labute approximate surface area is 452 Å². The zero-order valence-corrected chi connectivity index (χ0v) is 46.2. The Morgan fingerprint density at radius 3 is 1.51 bits per heavy atom. The van der Waals surface area contributed by atoms with E-state index in [9.17, 15) is 52.7 Å². The second-order valence-electron chi connectivity index (χ2n) is 20.8. The summed E-state index contributed by atoms with van der Waals surface area (Å²) in [5.41, 5.74) is 27.8.